The van der Waals surface area contributed by atoms with Crippen LogP contribution in [0, 0.1) is 0 Å². The molecule has 1 heterocycles. The number of esters is 1. The summed E-state index contributed by atoms with van der Waals surface area (Å²) in [4.78, 5) is 52.4. The second-order valence-corrected chi connectivity index (χ2v) is 5.92. The Hall–Kier alpha value is -2.90. The number of piperazine rings is 1. The van der Waals surface area contributed by atoms with Crippen LogP contribution in [-0.4, -0.2) is 78.2 Å². The summed E-state index contributed by atoms with van der Waals surface area (Å²) in [6.07, 6.45) is 0. The lowest BCUT2D eigenvalue weighted by atomic mass is 10.2. The fourth-order valence-electron chi connectivity index (χ4n) is 2.69. The van der Waals surface area contributed by atoms with E-state index in [1.165, 1.54) is 21.8 Å². The van der Waals surface area contributed by atoms with Gasteiger partial charge in [0, 0.05) is 26.2 Å². The number of carbonyl (C=O) groups excluding carboxylic acids is 4. The Morgan fingerprint density at radius 1 is 1.08 bits per heavy atom. The molecule has 1 saturated heterocycles. The molecule has 1 fully saturated rings. The van der Waals surface area contributed by atoms with Gasteiger partial charge in [-0.3, -0.25) is 19.2 Å². The van der Waals surface area contributed by atoms with Crippen LogP contribution in [-0.2, 0) is 30.5 Å². The van der Waals surface area contributed by atoms with Gasteiger partial charge in [-0.25, -0.2) is 0 Å². The highest BCUT2D eigenvalue weighted by atomic mass is 16.5. The van der Waals surface area contributed by atoms with Gasteiger partial charge in [-0.05, 0) is 12.5 Å². The van der Waals surface area contributed by atoms with Crippen LogP contribution >= 0.6 is 0 Å². The summed E-state index contributed by atoms with van der Waals surface area (Å²) in [5, 5.41) is 0. The number of amides is 3. The van der Waals surface area contributed by atoms with Gasteiger partial charge < -0.3 is 19.4 Å². The molecule has 8 nitrogen and oxygen atoms in total. The van der Waals surface area contributed by atoms with E-state index >= 15 is 0 Å². The smallest absolute Gasteiger partial charge is 0.325 e. The third-order valence-corrected chi connectivity index (χ3v) is 4.22. The van der Waals surface area contributed by atoms with Gasteiger partial charge in [0.2, 0.25) is 5.91 Å². The summed E-state index contributed by atoms with van der Waals surface area (Å²) in [6.45, 7) is 2.68. The maximum atomic E-state index is 12.7. The van der Waals surface area contributed by atoms with E-state index in [0.29, 0.717) is 19.6 Å². The minimum atomic E-state index is -0.691. The second-order valence-electron chi connectivity index (χ2n) is 5.92. The van der Waals surface area contributed by atoms with E-state index < -0.39 is 23.7 Å². The zero-order valence-electron chi connectivity index (χ0n) is 15.0. The van der Waals surface area contributed by atoms with Gasteiger partial charge in [-0.2, -0.15) is 0 Å². The van der Waals surface area contributed by atoms with Crippen molar-refractivity contribution in [2.75, 3.05) is 39.8 Å². The Labute approximate surface area is 152 Å². The molecule has 1 aliphatic rings. The Bertz CT molecular complexity index is 677. The van der Waals surface area contributed by atoms with E-state index in [-0.39, 0.29) is 19.6 Å². The van der Waals surface area contributed by atoms with Crippen molar-refractivity contribution >= 4 is 23.7 Å². The Morgan fingerprint density at radius 3 is 2.31 bits per heavy atom. The number of ether oxygens (including phenoxy) is 1. The van der Waals surface area contributed by atoms with E-state index in [9.17, 15) is 19.2 Å². The molecule has 2 rings (SSSR count). The molecule has 140 valence electrons. The quantitative estimate of drug-likeness (QED) is 0.499. The molecule has 26 heavy (non-hydrogen) atoms. The van der Waals surface area contributed by atoms with Crippen LogP contribution < -0.4 is 0 Å². The highest BCUT2D eigenvalue weighted by Gasteiger charge is 2.33. The first-order valence-electron chi connectivity index (χ1n) is 8.43. The van der Waals surface area contributed by atoms with Crippen molar-refractivity contribution in [1.82, 2.24) is 14.7 Å². The Balaban J connectivity index is 2.07. The number of carbonyl (C=O) groups is 4. The van der Waals surface area contributed by atoms with Gasteiger partial charge in [-0.15, -0.1) is 0 Å². The lowest BCUT2D eigenvalue weighted by Crippen LogP contribution is -2.56. The third-order valence-electron chi connectivity index (χ3n) is 4.22. The fourth-order valence-corrected chi connectivity index (χ4v) is 2.69. The summed E-state index contributed by atoms with van der Waals surface area (Å²) in [5.74, 6) is -2.25. The molecule has 0 spiro atoms. The molecular weight excluding hydrogens is 338 g/mol. The van der Waals surface area contributed by atoms with Gasteiger partial charge in [0.05, 0.1) is 7.11 Å². The van der Waals surface area contributed by atoms with E-state index in [2.05, 4.69) is 4.74 Å². The zero-order valence-corrected chi connectivity index (χ0v) is 15.0. The van der Waals surface area contributed by atoms with Crippen LogP contribution in [0.1, 0.15) is 12.5 Å². The van der Waals surface area contributed by atoms with Crippen molar-refractivity contribution in [3.8, 4) is 0 Å². The number of rotatable bonds is 7. The van der Waals surface area contributed by atoms with E-state index in [1.54, 1.807) is 6.92 Å². The fraction of sp³-hybridized carbons (Fsp3) is 0.444. The highest BCUT2D eigenvalue weighted by molar-refractivity contribution is 6.35. The molecule has 1 aliphatic heterocycles. The molecular formula is C18H23N3O5. The molecule has 3 amide bonds. The molecule has 0 unspecified atom stereocenters. The number of methoxy groups -OCH3 is 1. The summed E-state index contributed by atoms with van der Waals surface area (Å²) < 4.78 is 4.65. The third kappa shape index (κ3) is 4.81. The molecule has 0 saturated carbocycles. The van der Waals surface area contributed by atoms with Crippen molar-refractivity contribution in [3.63, 3.8) is 0 Å². The average molecular weight is 361 g/mol. The Morgan fingerprint density at radius 2 is 1.69 bits per heavy atom. The van der Waals surface area contributed by atoms with Crippen LogP contribution in [0.4, 0.5) is 0 Å². The van der Waals surface area contributed by atoms with Crippen molar-refractivity contribution in [3.05, 3.63) is 35.9 Å². The van der Waals surface area contributed by atoms with Crippen LogP contribution in [0.2, 0.25) is 0 Å². The van der Waals surface area contributed by atoms with Crippen LogP contribution in [0.15, 0.2) is 30.3 Å². The monoisotopic (exact) mass is 361 g/mol. The summed E-state index contributed by atoms with van der Waals surface area (Å²) >= 11 is 0. The minimum absolute atomic E-state index is 0.214. The van der Waals surface area contributed by atoms with Crippen LogP contribution in [0.3, 0.4) is 0 Å². The molecule has 1 aromatic rings. The summed E-state index contributed by atoms with van der Waals surface area (Å²) in [6, 6.07) is 9.20. The predicted molar refractivity (Wildman–Crippen MR) is 92.7 cm³/mol. The Kier molecular flexibility index (Phi) is 6.71. The first kappa shape index (κ1) is 19.4. The first-order chi connectivity index (χ1) is 12.5. The highest BCUT2D eigenvalue weighted by Crippen LogP contribution is 2.09. The number of benzene rings is 1. The zero-order chi connectivity index (χ0) is 19.1. The van der Waals surface area contributed by atoms with Crippen molar-refractivity contribution < 1.29 is 23.9 Å². The van der Waals surface area contributed by atoms with Gasteiger partial charge in [0.1, 0.15) is 13.1 Å². The second kappa shape index (κ2) is 8.98. The van der Waals surface area contributed by atoms with Crippen molar-refractivity contribution in [2.24, 2.45) is 0 Å². The maximum Gasteiger partial charge on any atom is 0.325 e. The van der Waals surface area contributed by atoms with Gasteiger partial charge in [-0.1, -0.05) is 30.3 Å². The lowest BCUT2D eigenvalue weighted by molar-refractivity contribution is -0.158. The average Bonchev–Trinajstić information content (AvgIpc) is 2.65. The SMILES string of the molecule is CCN1CCN(CC(=O)N(CC(=O)OC)Cc2ccccc2)C(=O)C1=O. The summed E-state index contributed by atoms with van der Waals surface area (Å²) in [7, 11) is 1.25. The van der Waals surface area contributed by atoms with Gasteiger partial charge in [0.15, 0.2) is 0 Å². The number of hydrogen-bond donors (Lipinski definition) is 0. The van der Waals surface area contributed by atoms with Crippen molar-refractivity contribution in [2.45, 2.75) is 13.5 Å². The normalized spacial score (nSPS) is 14.4. The number of nitrogens with zero attached hydrogens (tertiary/aromatic N) is 3. The summed E-state index contributed by atoms with van der Waals surface area (Å²) in [5.41, 5.74) is 0.850. The molecule has 0 radical (unpaired) electrons. The van der Waals surface area contributed by atoms with E-state index in [0.717, 1.165) is 5.56 Å². The van der Waals surface area contributed by atoms with Gasteiger partial charge >= 0.3 is 17.8 Å². The van der Waals surface area contributed by atoms with Crippen LogP contribution in [0.25, 0.3) is 0 Å². The largest absolute Gasteiger partial charge is 0.468 e. The van der Waals surface area contributed by atoms with Crippen LogP contribution in [0.5, 0.6) is 0 Å². The molecule has 0 aromatic heterocycles. The number of likely N-dealkylation sites (N-methyl/N-ethyl adjacent to an activating group) is 1. The van der Waals surface area contributed by atoms with Gasteiger partial charge in [0.25, 0.3) is 0 Å². The van der Waals surface area contributed by atoms with E-state index in [1.807, 2.05) is 30.3 Å². The predicted octanol–water partition coefficient (Wildman–Crippen LogP) is -0.121. The lowest BCUT2D eigenvalue weighted by Gasteiger charge is -2.33. The maximum absolute atomic E-state index is 12.7. The molecule has 0 bridgehead atoms. The van der Waals surface area contributed by atoms with Crippen molar-refractivity contribution in [1.29, 1.82) is 0 Å². The van der Waals surface area contributed by atoms with E-state index in [4.69, 9.17) is 0 Å². The minimum Gasteiger partial charge on any atom is -0.468 e. The topological polar surface area (TPSA) is 87.2 Å². The molecule has 0 N–H and O–H groups in total. The first-order valence-corrected chi connectivity index (χ1v) is 8.43. The standard InChI is InChI=1S/C18H23N3O5/c1-3-19-9-10-20(18(25)17(19)24)12-15(22)21(13-16(23)26-2)11-14-7-5-4-6-8-14/h4-8H,3,9-13H2,1-2H3. The molecule has 0 aliphatic carbocycles. The molecule has 0 atom stereocenters. The molecule has 8 heteroatoms. The number of hydrogen-bond acceptors (Lipinski definition) is 5. The molecule has 1 aromatic carbocycles.